The number of nitrogens with two attached hydrogens (primary N) is 1. The summed E-state index contributed by atoms with van der Waals surface area (Å²) < 4.78 is 5.44. The normalized spacial score (nSPS) is 13.4. The molecule has 1 fully saturated rings. The lowest BCUT2D eigenvalue weighted by atomic mass is 10.0. The van der Waals surface area contributed by atoms with Crippen molar-refractivity contribution in [3.05, 3.63) is 78.9 Å². The number of nitrogens with one attached hydrogen (secondary N) is 2. The van der Waals surface area contributed by atoms with Crippen molar-refractivity contribution >= 4 is 45.6 Å². The van der Waals surface area contributed by atoms with Crippen LogP contribution in [0.15, 0.2) is 78.9 Å². The quantitative estimate of drug-likeness (QED) is 0.335. The highest BCUT2D eigenvalue weighted by atomic mass is 16.5. The molecule has 1 amide bonds. The van der Waals surface area contributed by atoms with E-state index in [1.165, 1.54) is 0 Å². The number of rotatable bonds is 6. The Labute approximate surface area is 209 Å². The second kappa shape index (κ2) is 10.1. The first-order chi connectivity index (χ1) is 17.5. The molecule has 1 aliphatic heterocycles. The number of carbonyl (C=O) groups excluding carboxylic acids is 1. The molecule has 3 aromatic carbocycles. The van der Waals surface area contributed by atoms with Gasteiger partial charge in [0.2, 0.25) is 5.95 Å². The average molecular weight is 481 g/mol. The minimum atomic E-state index is -0.220. The lowest BCUT2D eigenvalue weighted by Gasteiger charge is -2.28. The van der Waals surface area contributed by atoms with Crippen molar-refractivity contribution in [2.45, 2.75) is 6.92 Å². The fraction of sp³-hybridized carbons (Fsp3) is 0.179. The zero-order chi connectivity index (χ0) is 25.1. The maximum absolute atomic E-state index is 12.1. The summed E-state index contributed by atoms with van der Waals surface area (Å²) in [6.45, 7) is 8.64. The second-order valence-corrected chi connectivity index (χ2v) is 8.72. The molecule has 1 aromatic heterocycles. The van der Waals surface area contributed by atoms with Crippen LogP contribution in [0.2, 0.25) is 0 Å². The molecule has 182 valence electrons. The molecular weight excluding hydrogens is 452 g/mol. The van der Waals surface area contributed by atoms with E-state index in [2.05, 4.69) is 39.2 Å². The van der Waals surface area contributed by atoms with E-state index in [-0.39, 0.29) is 5.91 Å². The van der Waals surface area contributed by atoms with Gasteiger partial charge in [-0.1, -0.05) is 30.8 Å². The number of amides is 1. The van der Waals surface area contributed by atoms with Crippen LogP contribution in [0.4, 0.5) is 28.8 Å². The zero-order valence-electron chi connectivity index (χ0n) is 20.1. The van der Waals surface area contributed by atoms with Crippen LogP contribution in [0.25, 0.3) is 22.0 Å². The molecule has 0 bridgehead atoms. The van der Waals surface area contributed by atoms with Crippen LogP contribution in [0.5, 0.6) is 0 Å². The molecule has 2 heterocycles. The number of fused-ring (bicyclic) bond motifs is 1. The molecule has 5 rings (SSSR count). The van der Waals surface area contributed by atoms with E-state index in [1.54, 1.807) is 6.92 Å². The van der Waals surface area contributed by atoms with Gasteiger partial charge in [0.05, 0.1) is 18.7 Å². The monoisotopic (exact) mass is 480 g/mol. The second-order valence-electron chi connectivity index (χ2n) is 8.72. The Kier molecular flexibility index (Phi) is 6.51. The van der Waals surface area contributed by atoms with E-state index in [0.29, 0.717) is 23.0 Å². The highest BCUT2D eigenvalue weighted by molar-refractivity contribution is 6.04. The molecule has 8 heteroatoms. The van der Waals surface area contributed by atoms with Gasteiger partial charge in [0.1, 0.15) is 5.82 Å². The molecule has 4 aromatic rings. The van der Waals surface area contributed by atoms with Crippen LogP contribution in [0, 0.1) is 0 Å². The van der Waals surface area contributed by atoms with Gasteiger partial charge in [0.15, 0.2) is 0 Å². The number of para-hydroxylation sites is 1. The van der Waals surface area contributed by atoms with Crippen LogP contribution in [0.1, 0.15) is 6.92 Å². The molecule has 0 aliphatic carbocycles. The van der Waals surface area contributed by atoms with Crippen LogP contribution >= 0.6 is 0 Å². The number of aromatic nitrogens is 2. The van der Waals surface area contributed by atoms with Gasteiger partial charge in [0.25, 0.3) is 5.91 Å². The minimum Gasteiger partial charge on any atom is -0.383 e. The molecular formula is C28H28N6O2. The Morgan fingerprint density at radius 2 is 1.75 bits per heavy atom. The van der Waals surface area contributed by atoms with E-state index in [0.717, 1.165) is 59.7 Å². The number of benzene rings is 3. The van der Waals surface area contributed by atoms with E-state index in [9.17, 15) is 4.79 Å². The Bertz CT molecular complexity index is 1430. The SMILES string of the molecule is C=C(C)C(=O)Nc1cccc(-c2cccc3c(N)nc(Nc4ccc(N5CCOCC5)cc4)nc23)c1. The molecule has 1 saturated heterocycles. The molecule has 0 atom stereocenters. The van der Waals surface area contributed by atoms with Crippen molar-refractivity contribution in [1.82, 2.24) is 9.97 Å². The van der Waals surface area contributed by atoms with Crippen LogP contribution < -0.4 is 21.3 Å². The van der Waals surface area contributed by atoms with Crippen molar-refractivity contribution in [3.8, 4) is 11.1 Å². The summed E-state index contributed by atoms with van der Waals surface area (Å²) in [7, 11) is 0. The number of carbonyl (C=O) groups is 1. The summed E-state index contributed by atoms with van der Waals surface area (Å²) in [6, 6.07) is 21.6. The smallest absolute Gasteiger partial charge is 0.250 e. The third-order valence-corrected chi connectivity index (χ3v) is 6.07. The minimum absolute atomic E-state index is 0.220. The lowest BCUT2D eigenvalue weighted by Crippen LogP contribution is -2.36. The Hall–Kier alpha value is -4.43. The van der Waals surface area contributed by atoms with Gasteiger partial charge >= 0.3 is 0 Å². The van der Waals surface area contributed by atoms with Crippen LogP contribution in [0.3, 0.4) is 0 Å². The first-order valence-electron chi connectivity index (χ1n) is 11.8. The third kappa shape index (κ3) is 4.99. The molecule has 1 aliphatic rings. The standard InChI is InChI=1S/C28H28N6O2/c1-18(2)27(35)30-21-6-3-5-19(17-21)23-7-4-8-24-25(23)32-28(33-26(24)29)31-20-9-11-22(12-10-20)34-13-15-36-16-14-34/h3-12,17H,1,13-16H2,2H3,(H,30,35)(H3,29,31,32,33). The molecule has 4 N–H and O–H groups in total. The van der Waals surface area contributed by atoms with Gasteiger partial charge in [-0.3, -0.25) is 4.79 Å². The molecule has 36 heavy (non-hydrogen) atoms. The summed E-state index contributed by atoms with van der Waals surface area (Å²) in [5, 5.41) is 6.91. The van der Waals surface area contributed by atoms with Crippen molar-refractivity contribution in [2.75, 3.05) is 47.6 Å². The Morgan fingerprint density at radius 3 is 2.50 bits per heavy atom. The van der Waals surface area contributed by atoms with E-state index < -0.39 is 0 Å². The van der Waals surface area contributed by atoms with E-state index in [4.69, 9.17) is 15.5 Å². The van der Waals surface area contributed by atoms with Gasteiger partial charge in [-0.2, -0.15) is 4.98 Å². The van der Waals surface area contributed by atoms with Crippen molar-refractivity contribution < 1.29 is 9.53 Å². The van der Waals surface area contributed by atoms with Gasteiger partial charge in [-0.25, -0.2) is 4.98 Å². The Morgan fingerprint density at radius 1 is 1.00 bits per heavy atom. The maximum Gasteiger partial charge on any atom is 0.250 e. The molecule has 0 saturated carbocycles. The van der Waals surface area contributed by atoms with Crippen LogP contribution in [-0.4, -0.2) is 42.2 Å². The largest absolute Gasteiger partial charge is 0.383 e. The summed E-state index contributed by atoms with van der Waals surface area (Å²) in [4.78, 5) is 23.7. The highest BCUT2D eigenvalue weighted by Gasteiger charge is 2.14. The number of hydrogen-bond donors (Lipinski definition) is 3. The molecule has 0 spiro atoms. The highest BCUT2D eigenvalue weighted by Crippen LogP contribution is 2.32. The summed E-state index contributed by atoms with van der Waals surface area (Å²) in [5.74, 6) is 0.585. The van der Waals surface area contributed by atoms with Crippen molar-refractivity contribution in [1.29, 1.82) is 0 Å². The van der Waals surface area contributed by atoms with E-state index >= 15 is 0 Å². The van der Waals surface area contributed by atoms with Gasteiger partial charge in [0, 0.05) is 46.7 Å². The predicted molar refractivity (Wildman–Crippen MR) is 146 cm³/mol. The third-order valence-electron chi connectivity index (χ3n) is 6.07. The lowest BCUT2D eigenvalue weighted by molar-refractivity contribution is -0.112. The molecule has 0 unspecified atom stereocenters. The fourth-order valence-electron chi connectivity index (χ4n) is 4.17. The number of hydrogen-bond acceptors (Lipinski definition) is 7. The number of ether oxygens (including phenoxy) is 1. The van der Waals surface area contributed by atoms with Gasteiger partial charge in [-0.15, -0.1) is 0 Å². The Balaban J connectivity index is 1.45. The average Bonchev–Trinajstić information content (AvgIpc) is 2.89. The topological polar surface area (TPSA) is 105 Å². The fourth-order valence-corrected chi connectivity index (χ4v) is 4.17. The predicted octanol–water partition coefficient (Wildman–Crippen LogP) is 4.97. The number of nitrogens with zero attached hydrogens (tertiary/aromatic N) is 3. The van der Waals surface area contributed by atoms with Gasteiger partial charge < -0.3 is 26.0 Å². The summed E-state index contributed by atoms with van der Waals surface area (Å²) >= 11 is 0. The van der Waals surface area contributed by atoms with Crippen LogP contribution in [-0.2, 0) is 9.53 Å². The van der Waals surface area contributed by atoms with Crippen molar-refractivity contribution in [3.63, 3.8) is 0 Å². The number of morpholine rings is 1. The molecule has 8 nitrogen and oxygen atoms in total. The first kappa shape index (κ1) is 23.3. The van der Waals surface area contributed by atoms with E-state index in [1.807, 2.05) is 54.6 Å². The first-order valence-corrected chi connectivity index (χ1v) is 11.8. The number of anilines is 5. The summed E-state index contributed by atoms with van der Waals surface area (Å²) in [6.07, 6.45) is 0. The summed E-state index contributed by atoms with van der Waals surface area (Å²) in [5.41, 5.74) is 12.0. The number of nitrogen functional groups attached to an aromatic ring is 1. The zero-order valence-corrected chi connectivity index (χ0v) is 20.1. The maximum atomic E-state index is 12.1. The van der Waals surface area contributed by atoms with Gasteiger partial charge in [-0.05, 0) is 55.0 Å². The van der Waals surface area contributed by atoms with Crippen molar-refractivity contribution in [2.24, 2.45) is 0 Å². The molecule has 0 radical (unpaired) electrons.